The van der Waals surface area contributed by atoms with E-state index in [9.17, 15) is 0 Å². The number of fused-ring (bicyclic) bond motifs is 1. The van der Waals surface area contributed by atoms with Crippen molar-refractivity contribution in [2.24, 2.45) is 0 Å². The molecule has 0 spiro atoms. The van der Waals surface area contributed by atoms with E-state index in [0.29, 0.717) is 5.54 Å². The van der Waals surface area contributed by atoms with Crippen molar-refractivity contribution >= 4 is 0 Å². The van der Waals surface area contributed by atoms with Gasteiger partial charge in [-0.25, -0.2) is 0 Å². The van der Waals surface area contributed by atoms with Gasteiger partial charge in [0.05, 0.1) is 0 Å². The minimum absolute atomic E-state index is 0.355. The average molecular weight is 210 g/mol. The minimum Gasteiger partial charge on any atom is -0.299 e. The molecule has 2 heteroatoms. The third-order valence-electron chi connectivity index (χ3n) is 4.00. The Labute approximate surface area is 94.6 Å². The summed E-state index contributed by atoms with van der Waals surface area (Å²) in [6.07, 6.45) is 5.64. The molecule has 0 aromatic rings. The van der Waals surface area contributed by atoms with Crippen LogP contribution >= 0.6 is 0 Å². The summed E-state index contributed by atoms with van der Waals surface area (Å²) in [5, 5.41) is 0. The summed E-state index contributed by atoms with van der Waals surface area (Å²) < 4.78 is 0. The fraction of sp³-hybridized carbons (Fsp3) is 1.00. The Bertz CT molecular complexity index is 207. The van der Waals surface area contributed by atoms with Crippen molar-refractivity contribution in [2.45, 2.75) is 58.0 Å². The molecule has 2 aliphatic rings. The molecule has 0 aromatic heterocycles. The predicted molar refractivity (Wildman–Crippen MR) is 65.2 cm³/mol. The Morgan fingerprint density at radius 3 is 2.40 bits per heavy atom. The first-order chi connectivity index (χ1) is 7.07. The summed E-state index contributed by atoms with van der Waals surface area (Å²) >= 11 is 0. The van der Waals surface area contributed by atoms with Crippen LogP contribution in [0.1, 0.15) is 46.5 Å². The molecule has 0 saturated carbocycles. The molecule has 2 saturated heterocycles. The van der Waals surface area contributed by atoms with Crippen LogP contribution in [-0.2, 0) is 0 Å². The second kappa shape index (κ2) is 4.42. The van der Waals surface area contributed by atoms with Gasteiger partial charge >= 0.3 is 0 Å². The number of hydrogen-bond donors (Lipinski definition) is 0. The van der Waals surface area contributed by atoms with E-state index in [-0.39, 0.29) is 0 Å². The molecule has 0 bridgehead atoms. The lowest BCUT2D eigenvalue weighted by Crippen LogP contribution is -2.49. The number of hydrogen-bond acceptors (Lipinski definition) is 2. The van der Waals surface area contributed by atoms with Crippen LogP contribution in [-0.4, -0.2) is 47.6 Å². The van der Waals surface area contributed by atoms with Crippen molar-refractivity contribution in [3.63, 3.8) is 0 Å². The van der Waals surface area contributed by atoms with Gasteiger partial charge in [0.25, 0.3) is 0 Å². The van der Waals surface area contributed by atoms with Crippen LogP contribution in [0.3, 0.4) is 0 Å². The molecular weight excluding hydrogens is 184 g/mol. The fourth-order valence-corrected chi connectivity index (χ4v) is 2.98. The first kappa shape index (κ1) is 11.4. The highest BCUT2D eigenvalue weighted by atomic mass is 15.3. The molecule has 2 heterocycles. The zero-order valence-corrected chi connectivity index (χ0v) is 10.6. The van der Waals surface area contributed by atoms with Crippen molar-refractivity contribution in [1.29, 1.82) is 0 Å². The van der Waals surface area contributed by atoms with E-state index in [4.69, 9.17) is 0 Å². The van der Waals surface area contributed by atoms with Crippen LogP contribution in [0, 0.1) is 0 Å². The van der Waals surface area contributed by atoms with Gasteiger partial charge in [0, 0.05) is 18.1 Å². The molecule has 2 rings (SSSR count). The van der Waals surface area contributed by atoms with Gasteiger partial charge in [-0.1, -0.05) is 6.42 Å². The predicted octanol–water partition coefficient (Wildman–Crippen LogP) is 2.35. The van der Waals surface area contributed by atoms with Crippen LogP contribution in [0.25, 0.3) is 0 Å². The summed E-state index contributed by atoms with van der Waals surface area (Å²) in [7, 11) is 0. The third-order valence-corrected chi connectivity index (χ3v) is 4.00. The number of nitrogens with zero attached hydrogens (tertiary/aromatic N) is 2. The molecule has 0 radical (unpaired) electrons. The molecule has 0 aromatic carbocycles. The highest BCUT2D eigenvalue weighted by Crippen LogP contribution is 2.24. The monoisotopic (exact) mass is 210 g/mol. The van der Waals surface area contributed by atoms with Crippen LogP contribution in [0.2, 0.25) is 0 Å². The van der Waals surface area contributed by atoms with Gasteiger partial charge in [-0.15, -0.1) is 0 Å². The number of piperidine rings is 1. The van der Waals surface area contributed by atoms with E-state index in [2.05, 4.69) is 30.6 Å². The van der Waals surface area contributed by atoms with Crippen LogP contribution in [0.4, 0.5) is 0 Å². The van der Waals surface area contributed by atoms with E-state index in [1.165, 1.54) is 51.9 Å². The van der Waals surface area contributed by atoms with Crippen molar-refractivity contribution in [1.82, 2.24) is 9.80 Å². The fourth-order valence-electron chi connectivity index (χ4n) is 2.98. The maximum absolute atomic E-state index is 2.73. The summed E-state index contributed by atoms with van der Waals surface area (Å²) in [5.74, 6) is 0. The highest BCUT2D eigenvalue weighted by molar-refractivity contribution is 4.87. The maximum Gasteiger partial charge on any atom is 0.0223 e. The molecule has 2 fully saturated rings. The molecule has 2 nitrogen and oxygen atoms in total. The lowest BCUT2D eigenvalue weighted by molar-refractivity contribution is 0.0932. The van der Waals surface area contributed by atoms with Gasteiger partial charge in [0.1, 0.15) is 0 Å². The molecule has 88 valence electrons. The summed E-state index contributed by atoms with van der Waals surface area (Å²) in [5.41, 5.74) is 0.355. The first-order valence-corrected chi connectivity index (χ1v) is 6.56. The van der Waals surface area contributed by atoms with Gasteiger partial charge in [-0.2, -0.15) is 0 Å². The summed E-state index contributed by atoms with van der Waals surface area (Å²) in [6, 6.07) is 0.848. The summed E-state index contributed by atoms with van der Waals surface area (Å²) in [4.78, 5) is 5.41. The maximum atomic E-state index is 2.73. The molecule has 0 N–H and O–H groups in total. The zero-order valence-electron chi connectivity index (χ0n) is 10.6. The van der Waals surface area contributed by atoms with E-state index < -0.39 is 0 Å². The molecular formula is C13H26N2. The normalized spacial score (nSPS) is 31.0. The van der Waals surface area contributed by atoms with Crippen molar-refractivity contribution in [3.8, 4) is 0 Å². The summed E-state index contributed by atoms with van der Waals surface area (Å²) in [6.45, 7) is 12.3. The SMILES string of the molecule is CC(C)(C)N1CCCN2CCCCC2C1. The third kappa shape index (κ3) is 2.73. The van der Waals surface area contributed by atoms with Crippen molar-refractivity contribution in [2.75, 3.05) is 26.2 Å². The standard InChI is InChI=1S/C13H26N2/c1-13(2,3)15-10-6-9-14-8-5-4-7-12(14)11-15/h12H,4-11H2,1-3H3. The second-order valence-corrected chi connectivity index (χ2v) is 6.16. The molecule has 0 amide bonds. The highest BCUT2D eigenvalue weighted by Gasteiger charge is 2.31. The topological polar surface area (TPSA) is 6.48 Å². The molecule has 15 heavy (non-hydrogen) atoms. The van der Waals surface area contributed by atoms with Crippen molar-refractivity contribution in [3.05, 3.63) is 0 Å². The van der Waals surface area contributed by atoms with Crippen LogP contribution in [0.5, 0.6) is 0 Å². The van der Waals surface area contributed by atoms with Gasteiger partial charge in [0.15, 0.2) is 0 Å². The van der Waals surface area contributed by atoms with E-state index >= 15 is 0 Å². The smallest absolute Gasteiger partial charge is 0.0223 e. The van der Waals surface area contributed by atoms with Crippen LogP contribution < -0.4 is 0 Å². The van der Waals surface area contributed by atoms with E-state index in [1.807, 2.05) is 0 Å². The molecule has 2 aliphatic heterocycles. The first-order valence-electron chi connectivity index (χ1n) is 6.56. The van der Waals surface area contributed by atoms with Gasteiger partial charge < -0.3 is 0 Å². The lowest BCUT2D eigenvalue weighted by atomic mass is 10.00. The Hall–Kier alpha value is -0.0800. The van der Waals surface area contributed by atoms with E-state index in [0.717, 1.165) is 6.04 Å². The quantitative estimate of drug-likeness (QED) is 0.605. The minimum atomic E-state index is 0.355. The van der Waals surface area contributed by atoms with E-state index in [1.54, 1.807) is 0 Å². The van der Waals surface area contributed by atoms with Gasteiger partial charge in [-0.05, 0) is 59.7 Å². The van der Waals surface area contributed by atoms with Crippen LogP contribution in [0.15, 0.2) is 0 Å². The second-order valence-electron chi connectivity index (χ2n) is 6.16. The Kier molecular flexibility index (Phi) is 3.36. The zero-order chi connectivity index (χ0) is 10.9. The van der Waals surface area contributed by atoms with Gasteiger partial charge in [0.2, 0.25) is 0 Å². The largest absolute Gasteiger partial charge is 0.299 e. The lowest BCUT2D eigenvalue weighted by Gasteiger charge is -2.39. The molecule has 1 atom stereocenters. The van der Waals surface area contributed by atoms with Gasteiger partial charge in [-0.3, -0.25) is 9.80 Å². The Morgan fingerprint density at radius 2 is 1.67 bits per heavy atom. The molecule has 0 aliphatic carbocycles. The average Bonchev–Trinajstić information content (AvgIpc) is 2.38. The molecule has 1 unspecified atom stereocenters. The Morgan fingerprint density at radius 1 is 0.933 bits per heavy atom. The Balaban J connectivity index is 2.01. The number of rotatable bonds is 0. The van der Waals surface area contributed by atoms with Crippen molar-refractivity contribution < 1.29 is 0 Å².